The van der Waals surface area contributed by atoms with Crippen LogP contribution in [0.1, 0.15) is 58.8 Å². The molecule has 0 amide bonds. The molecule has 0 aliphatic heterocycles. The maximum Gasteiger partial charge on any atom is 0.534 e. The Hall–Kier alpha value is -1.09. The summed E-state index contributed by atoms with van der Waals surface area (Å²) in [6, 6.07) is 0. The third-order valence-electron chi connectivity index (χ3n) is 8.50. The summed E-state index contributed by atoms with van der Waals surface area (Å²) in [4.78, 5) is 12.5. The lowest BCUT2D eigenvalue weighted by Gasteiger charge is -2.59. The summed E-state index contributed by atoms with van der Waals surface area (Å²) in [6.07, 6.45) is 4.60. The Balaban J connectivity index is 1.73. The fourth-order valence-electron chi connectivity index (χ4n) is 6.95. The summed E-state index contributed by atoms with van der Waals surface area (Å²) in [5, 5.41) is 10.2. The second kappa shape index (κ2) is 6.45. The first-order valence-corrected chi connectivity index (χ1v) is 11.7. The maximum absolute atomic E-state index is 13.0. The zero-order valence-corrected chi connectivity index (χ0v) is 17.4. The number of ketones is 1. The van der Waals surface area contributed by atoms with Gasteiger partial charge < -0.3 is 9.29 Å². The molecule has 164 valence electrons. The summed E-state index contributed by atoms with van der Waals surface area (Å²) in [6.45, 7) is 3.79. The zero-order chi connectivity index (χ0) is 21.4. The van der Waals surface area contributed by atoms with Crippen molar-refractivity contribution in [1.29, 1.82) is 0 Å². The highest BCUT2D eigenvalue weighted by Crippen LogP contribution is 2.66. The molecule has 0 radical (unpaired) electrons. The Labute approximate surface area is 168 Å². The number of Topliss-reactive ketones (excluding diaryl/α,β-unsaturated/α-hetero) is 1. The molecule has 0 bridgehead atoms. The van der Waals surface area contributed by atoms with Crippen molar-refractivity contribution >= 4 is 15.9 Å². The summed E-state index contributed by atoms with van der Waals surface area (Å²) in [7, 11) is -5.82. The van der Waals surface area contributed by atoms with Gasteiger partial charge in [0.05, 0.1) is 6.10 Å². The molecule has 9 heteroatoms. The highest BCUT2D eigenvalue weighted by Gasteiger charge is 2.63. The molecule has 1 N–H and O–H groups in total. The van der Waals surface area contributed by atoms with Crippen LogP contribution in [0.25, 0.3) is 0 Å². The number of rotatable bonds is 2. The average molecular weight is 436 g/mol. The smallest absolute Gasteiger partial charge is 0.389 e. The fourth-order valence-corrected chi connectivity index (χ4v) is 7.51. The van der Waals surface area contributed by atoms with Crippen molar-refractivity contribution < 1.29 is 35.7 Å². The van der Waals surface area contributed by atoms with Crippen molar-refractivity contribution in [3.8, 4) is 0 Å². The monoisotopic (exact) mass is 436 g/mol. The molecular formula is C20H27F3O5S. The molecule has 0 spiro atoms. The van der Waals surface area contributed by atoms with Gasteiger partial charge in [-0.2, -0.15) is 21.6 Å². The van der Waals surface area contributed by atoms with E-state index in [9.17, 15) is 31.5 Å². The highest BCUT2D eigenvalue weighted by molar-refractivity contribution is 7.87. The highest BCUT2D eigenvalue weighted by atomic mass is 32.2. The van der Waals surface area contributed by atoms with E-state index in [1.54, 1.807) is 6.92 Å². The molecule has 29 heavy (non-hydrogen) atoms. The molecule has 0 unspecified atom stereocenters. The van der Waals surface area contributed by atoms with Crippen LogP contribution in [0.4, 0.5) is 13.2 Å². The van der Waals surface area contributed by atoms with Gasteiger partial charge in [0, 0.05) is 17.3 Å². The van der Waals surface area contributed by atoms with Gasteiger partial charge in [-0.15, -0.1) is 0 Å². The van der Waals surface area contributed by atoms with Gasteiger partial charge >= 0.3 is 15.6 Å². The van der Waals surface area contributed by atoms with E-state index in [0.717, 1.165) is 18.9 Å². The number of halogens is 3. The third kappa shape index (κ3) is 2.98. The minimum atomic E-state index is -5.82. The summed E-state index contributed by atoms with van der Waals surface area (Å²) < 4.78 is 67.2. The van der Waals surface area contributed by atoms with Crippen LogP contribution in [0.3, 0.4) is 0 Å². The molecule has 3 saturated carbocycles. The second-order valence-corrected chi connectivity index (χ2v) is 11.2. The molecule has 0 aromatic heterocycles. The first-order chi connectivity index (χ1) is 13.3. The van der Waals surface area contributed by atoms with Crippen molar-refractivity contribution in [1.82, 2.24) is 0 Å². The van der Waals surface area contributed by atoms with Gasteiger partial charge in [0.1, 0.15) is 11.5 Å². The van der Waals surface area contributed by atoms with Gasteiger partial charge in [0.15, 0.2) is 0 Å². The molecule has 0 aromatic rings. The van der Waals surface area contributed by atoms with Crippen LogP contribution in [0.15, 0.2) is 11.8 Å². The molecule has 0 saturated heterocycles. The largest absolute Gasteiger partial charge is 0.534 e. The van der Waals surface area contributed by atoms with Crippen LogP contribution in [-0.4, -0.2) is 30.9 Å². The standard InChI is InChI=1S/C20H27F3O5S/c1-18-8-7-15-13(14(18)5-6-16(18)25)4-3-11-9-12(24)10-17(19(11,15)2)28-29(26,27)20(21,22)23/h10-15,24H,3-9H2,1-2H3/t11-,12-,13-,14-,15-,18-,19-/m0/s1. The number of allylic oxidation sites excluding steroid dienone is 1. The van der Waals surface area contributed by atoms with Gasteiger partial charge in [0.2, 0.25) is 0 Å². The predicted molar refractivity (Wildman–Crippen MR) is 97.6 cm³/mol. The topological polar surface area (TPSA) is 80.7 Å². The van der Waals surface area contributed by atoms with E-state index < -0.39 is 27.1 Å². The molecule has 5 nitrogen and oxygen atoms in total. The van der Waals surface area contributed by atoms with E-state index in [1.807, 2.05) is 6.92 Å². The van der Waals surface area contributed by atoms with Gasteiger partial charge in [0.25, 0.3) is 0 Å². The van der Waals surface area contributed by atoms with Crippen molar-refractivity contribution in [3.63, 3.8) is 0 Å². The summed E-state index contributed by atoms with van der Waals surface area (Å²) >= 11 is 0. The summed E-state index contributed by atoms with van der Waals surface area (Å²) in [5.74, 6) is 0.0485. The zero-order valence-electron chi connectivity index (χ0n) is 16.5. The van der Waals surface area contributed by atoms with Crippen LogP contribution in [0.2, 0.25) is 0 Å². The van der Waals surface area contributed by atoms with Crippen LogP contribution in [0, 0.1) is 34.5 Å². The normalized spacial score (nSPS) is 45.1. The van der Waals surface area contributed by atoms with Crippen LogP contribution >= 0.6 is 0 Å². The van der Waals surface area contributed by atoms with Crippen molar-refractivity contribution in [2.24, 2.45) is 34.5 Å². The van der Waals surface area contributed by atoms with Crippen molar-refractivity contribution in [2.45, 2.75) is 70.4 Å². The first-order valence-electron chi connectivity index (χ1n) is 10.2. The van der Waals surface area contributed by atoms with E-state index in [-0.39, 0.29) is 40.6 Å². The molecule has 3 fully saturated rings. The maximum atomic E-state index is 13.0. The van der Waals surface area contributed by atoms with Crippen molar-refractivity contribution in [3.05, 3.63) is 11.8 Å². The quantitative estimate of drug-likeness (QED) is 0.524. The average Bonchev–Trinajstić information content (AvgIpc) is 2.90. The Morgan fingerprint density at radius 2 is 1.83 bits per heavy atom. The SMILES string of the molecule is C[C@]12C(OS(=O)(=O)C(F)(F)F)=C[C@@H](O)C[C@@H]1CC[C@@H]1[C@@H]2CC[C@]2(C)C(=O)CC[C@@H]12. The summed E-state index contributed by atoms with van der Waals surface area (Å²) in [5.41, 5.74) is -6.83. The van der Waals surface area contributed by atoms with E-state index in [0.29, 0.717) is 32.1 Å². The number of hydrogen-bond donors (Lipinski definition) is 1. The van der Waals surface area contributed by atoms with Gasteiger partial charge in [-0.3, -0.25) is 4.79 Å². The number of aliphatic hydroxyl groups is 1. The van der Waals surface area contributed by atoms with Crippen LogP contribution < -0.4 is 0 Å². The van der Waals surface area contributed by atoms with Gasteiger partial charge in [-0.05, 0) is 68.3 Å². The lowest BCUT2D eigenvalue weighted by molar-refractivity contribution is -0.137. The minimum absolute atomic E-state index is 0.0765. The fraction of sp³-hybridized carbons (Fsp3) is 0.850. The second-order valence-electron chi connectivity index (χ2n) is 9.67. The van der Waals surface area contributed by atoms with Crippen molar-refractivity contribution in [2.75, 3.05) is 0 Å². The molecule has 0 heterocycles. The Kier molecular flexibility index (Phi) is 4.71. The number of carbonyl (C=O) groups is 1. The van der Waals surface area contributed by atoms with E-state index in [4.69, 9.17) is 0 Å². The van der Waals surface area contributed by atoms with Crippen LogP contribution in [0.5, 0.6) is 0 Å². The predicted octanol–water partition coefficient (Wildman–Crippen LogP) is 3.93. The van der Waals surface area contributed by atoms with Gasteiger partial charge in [-0.1, -0.05) is 13.8 Å². The van der Waals surface area contributed by atoms with Gasteiger partial charge in [-0.25, -0.2) is 0 Å². The Bertz CT molecular complexity index is 851. The number of hydrogen-bond acceptors (Lipinski definition) is 5. The molecule has 7 atom stereocenters. The Morgan fingerprint density at radius 1 is 1.14 bits per heavy atom. The molecule has 4 rings (SSSR count). The molecular weight excluding hydrogens is 409 g/mol. The van der Waals surface area contributed by atoms with E-state index in [2.05, 4.69) is 4.18 Å². The third-order valence-corrected chi connectivity index (χ3v) is 9.46. The number of aliphatic hydroxyl groups excluding tert-OH is 1. The molecule has 4 aliphatic carbocycles. The van der Waals surface area contributed by atoms with E-state index in [1.165, 1.54) is 0 Å². The van der Waals surface area contributed by atoms with E-state index >= 15 is 0 Å². The number of carbonyl (C=O) groups excluding carboxylic acids is 1. The Morgan fingerprint density at radius 3 is 2.48 bits per heavy atom. The number of fused-ring (bicyclic) bond motifs is 5. The molecule has 4 aliphatic rings. The number of alkyl halides is 3. The lowest BCUT2D eigenvalue weighted by Crippen LogP contribution is -2.55. The van der Waals surface area contributed by atoms with Crippen LogP contribution in [-0.2, 0) is 19.1 Å². The minimum Gasteiger partial charge on any atom is -0.389 e. The first kappa shape index (κ1) is 21.2. The lowest BCUT2D eigenvalue weighted by atomic mass is 9.46. The molecule has 0 aromatic carbocycles.